The first kappa shape index (κ1) is 17.5. The number of nitrogens with zero attached hydrogens (tertiary/aromatic N) is 1. The molecule has 1 amide bonds. The molecule has 1 atom stereocenters. The molecule has 1 aromatic rings. The normalized spacial score (nSPS) is 14.9. The van der Waals surface area contributed by atoms with Crippen molar-refractivity contribution in [2.45, 2.75) is 32.9 Å². The van der Waals surface area contributed by atoms with Gasteiger partial charge in [-0.3, -0.25) is 9.89 Å². The van der Waals surface area contributed by atoms with Crippen molar-refractivity contribution in [3.8, 4) is 0 Å². The average molecular weight is 317 g/mol. The highest BCUT2D eigenvalue weighted by molar-refractivity contribution is 5.96. The molecule has 1 unspecified atom stereocenters. The van der Waals surface area contributed by atoms with Gasteiger partial charge in [0.05, 0.1) is 7.11 Å². The van der Waals surface area contributed by atoms with Crippen LogP contribution in [0.15, 0.2) is 0 Å². The fourth-order valence-electron chi connectivity index (χ4n) is 2.25. The van der Waals surface area contributed by atoms with Crippen molar-refractivity contribution in [3.63, 3.8) is 0 Å². The third-order valence-electron chi connectivity index (χ3n) is 3.43. The molecule has 0 bridgehead atoms. The Kier molecular flexibility index (Phi) is 6.17. The Hall–Kier alpha value is -1.60. The summed E-state index contributed by atoms with van der Waals surface area (Å²) in [6.45, 7) is 5.18. The van der Waals surface area contributed by atoms with E-state index in [1.54, 1.807) is 0 Å². The van der Waals surface area contributed by atoms with E-state index in [1.807, 2.05) is 13.8 Å². The monoisotopic (exact) mass is 316 g/mol. The minimum absolute atomic E-state index is 0. The van der Waals surface area contributed by atoms with Gasteiger partial charge in [0.15, 0.2) is 5.69 Å². The first-order valence-electron chi connectivity index (χ1n) is 6.70. The number of halogens is 1. The third-order valence-corrected chi connectivity index (χ3v) is 3.43. The molecule has 21 heavy (non-hydrogen) atoms. The minimum atomic E-state index is -0.670. The van der Waals surface area contributed by atoms with E-state index in [0.29, 0.717) is 12.2 Å². The molecular weight excluding hydrogens is 296 g/mol. The molecule has 8 heteroatoms. The maximum absolute atomic E-state index is 12.3. The maximum Gasteiger partial charge on any atom is 0.328 e. The van der Waals surface area contributed by atoms with E-state index in [0.717, 1.165) is 24.2 Å². The lowest BCUT2D eigenvalue weighted by Gasteiger charge is -2.20. The van der Waals surface area contributed by atoms with E-state index in [9.17, 15) is 9.59 Å². The Morgan fingerprint density at radius 3 is 2.71 bits per heavy atom. The van der Waals surface area contributed by atoms with E-state index < -0.39 is 12.0 Å². The van der Waals surface area contributed by atoms with Crippen molar-refractivity contribution in [3.05, 3.63) is 17.0 Å². The number of esters is 1. The second-order valence-corrected chi connectivity index (χ2v) is 5.17. The number of ether oxygens (including phenoxy) is 1. The molecule has 3 N–H and O–H groups in total. The number of amides is 1. The predicted octanol–water partition coefficient (Wildman–Crippen LogP) is 0.405. The van der Waals surface area contributed by atoms with Crippen LogP contribution in [0.3, 0.4) is 0 Å². The number of carbonyl (C=O) groups excluding carboxylic acids is 2. The van der Waals surface area contributed by atoms with Crippen LogP contribution in [0, 0.1) is 5.92 Å². The first-order valence-corrected chi connectivity index (χ1v) is 6.70. The van der Waals surface area contributed by atoms with E-state index in [-0.39, 0.29) is 24.2 Å². The average Bonchev–Trinajstić information content (AvgIpc) is 2.87. The van der Waals surface area contributed by atoms with Crippen LogP contribution in [0.5, 0.6) is 0 Å². The summed E-state index contributed by atoms with van der Waals surface area (Å²) in [6, 6.07) is -0.670. The van der Waals surface area contributed by atoms with Gasteiger partial charge < -0.3 is 15.4 Å². The summed E-state index contributed by atoms with van der Waals surface area (Å²) in [4.78, 5) is 24.0. The van der Waals surface area contributed by atoms with Crippen LogP contribution in [-0.4, -0.2) is 41.8 Å². The largest absolute Gasteiger partial charge is 0.467 e. The van der Waals surface area contributed by atoms with Crippen molar-refractivity contribution >= 4 is 24.3 Å². The molecule has 0 aromatic carbocycles. The van der Waals surface area contributed by atoms with Crippen molar-refractivity contribution in [2.24, 2.45) is 5.92 Å². The highest BCUT2D eigenvalue weighted by atomic mass is 35.5. The summed E-state index contributed by atoms with van der Waals surface area (Å²) in [5, 5.41) is 12.8. The topological polar surface area (TPSA) is 96.1 Å². The molecule has 1 aromatic heterocycles. The van der Waals surface area contributed by atoms with Crippen LogP contribution in [0.2, 0.25) is 0 Å². The van der Waals surface area contributed by atoms with E-state index >= 15 is 0 Å². The lowest BCUT2D eigenvalue weighted by atomic mass is 10.0. The smallest absolute Gasteiger partial charge is 0.328 e. The van der Waals surface area contributed by atoms with Crippen LogP contribution in [0.4, 0.5) is 0 Å². The van der Waals surface area contributed by atoms with Crippen molar-refractivity contribution < 1.29 is 14.3 Å². The molecule has 0 aliphatic carbocycles. The molecule has 2 rings (SSSR count). The van der Waals surface area contributed by atoms with E-state index in [1.165, 1.54) is 7.11 Å². The Morgan fingerprint density at radius 2 is 2.10 bits per heavy atom. The molecule has 0 saturated heterocycles. The first-order chi connectivity index (χ1) is 9.54. The van der Waals surface area contributed by atoms with Crippen molar-refractivity contribution in [1.82, 2.24) is 20.8 Å². The van der Waals surface area contributed by atoms with Crippen LogP contribution in [0.1, 0.15) is 35.6 Å². The zero-order valence-corrected chi connectivity index (χ0v) is 13.2. The Bertz CT molecular complexity index is 516. The number of hydrogen-bond acceptors (Lipinski definition) is 5. The predicted molar refractivity (Wildman–Crippen MR) is 79.4 cm³/mol. The number of rotatable bonds is 4. The zero-order valence-electron chi connectivity index (χ0n) is 12.4. The van der Waals surface area contributed by atoms with Gasteiger partial charge in [0.2, 0.25) is 0 Å². The quantitative estimate of drug-likeness (QED) is 0.699. The van der Waals surface area contributed by atoms with Gasteiger partial charge in [-0.05, 0) is 5.92 Å². The number of nitrogens with one attached hydrogen (secondary N) is 3. The standard InChI is InChI=1S/C13H20N4O3.ClH/c1-7(2)10(13(19)20-3)15-12(18)11-8-6-14-5-4-9(8)16-17-11;/h7,10,14H,4-6H2,1-3H3,(H,15,18)(H,16,17);1H. The highest BCUT2D eigenvalue weighted by Gasteiger charge is 2.28. The van der Waals surface area contributed by atoms with Gasteiger partial charge in [0, 0.05) is 30.8 Å². The minimum Gasteiger partial charge on any atom is -0.467 e. The number of aromatic amines is 1. The molecule has 0 fully saturated rings. The van der Waals surface area contributed by atoms with Crippen molar-refractivity contribution in [2.75, 3.05) is 13.7 Å². The summed E-state index contributed by atoms with van der Waals surface area (Å²) in [5.41, 5.74) is 2.20. The lowest BCUT2D eigenvalue weighted by Crippen LogP contribution is -2.45. The van der Waals surface area contributed by atoms with E-state index in [4.69, 9.17) is 4.74 Å². The maximum atomic E-state index is 12.3. The summed E-state index contributed by atoms with van der Waals surface area (Å²) in [5.74, 6) is -0.856. The van der Waals surface area contributed by atoms with Gasteiger partial charge >= 0.3 is 5.97 Å². The van der Waals surface area contributed by atoms with E-state index in [2.05, 4.69) is 20.8 Å². The van der Waals surface area contributed by atoms with Crippen LogP contribution >= 0.6 is 12.4 Å². The summed E-state index contributed by atoms with van der Waals surface area (Å²) >= 11 is 0. The van der Waals surface area contributed by atoms with Crippen molar-refractivity contribution in [1.29, 1.82) is 0 Å². The van der Waals surface area contributed by atoms with Gasteiger partial charge in [-0.2, -0.15) is 5.10 Å². The fourth-order valence-corrected chi connectivity index (χ4v) is 2.25. The summed E-state index contributed by atoms with van der Waals surface area (Å²) in [6.07, 6.45) is 0.820. The molecule has 7 nitrogen and oxygen atoms in total. The lowest BCUT2D eigenvalue weighted by molar-refractivity contribution is -0.144. The molecule has 0 radical (unpaired) electrons. The highest BCUT2D eigenvalue weighted by Crippen LogP contribution is 2.16. The molecule has 2 heterocycles. The van der Waals surface area contributed by atoms with Crippen LogP contribution < -0.4 is 10.6 Å². The second kappa shape index (κ2) is 7.42. The summed E-state index contributed by atoms with van der Waals surface area (Å²) < 4.78 is 4.71. The number of methoxy groups -OCH3 is 1. The molecule has 1 aliphatic heterocycles. The molecule has 0 saturated carbocycles. The Labute approximate surface area is 129 Å². The molecule has 118 valence electrons. The number of fused-ring (bicyclic) bond motifs is 1. The zero-order chi connectivity index (χ0) is 14.7. The third kappa shape index (κ3) is 3.74. The van der Waals surface area contributed by atoms with Gasteiger partial charge in [-0.1, -0.05) is 13.8 Å². The number of carbonyl (C=O) groups is 2. The van der Waals surface area contributed by atoms with Crippen LogP contribution in [0.25, 0.3) is 0 Å². The van der Waals surface area contributed by atoms with Gasteiger partial charge in [0.25, 0.3) is 5.91 Å². The van der Waals surface area contributed by atoms with Gasteiger partial charge in [-0.25, -0.2) is 4.79 Å². The number of aromatic nitrogens is 2. The summed E-state index contributed by atoms with van der Waals surface area (Å²) in [7, 11) is 1.31. The van der Waals surface area contributed by atoms with Gasteiger partial charge in [0.1, 0.15) is 6.04 Å². The number of hydrogen-bond donors (Lipinski definition) is 3. The fraction of sp³-hybridized carbons (Fsp3) is 0.615. The SMILES string of the molecule is COC(=O)C(NC(=O)c1n[nH]c2c1CNCC2)C(C)C.Cl. The Morgan fingerprint density at radius 1 is 1.38 bits per heavy atom. The van der Waals surface area contributed by atoms with Gasteiger partial charge in [-0.15, -0.1) is 12.4 Å². The second-order valence-electron chi connectivity index (χ2n) is 5.17. The molecular formula is C13H21ClN4O3. The Balaban J connectivity index is 0.00000220. The van der Waals surface area contributed by atoms with Crippen LogP contribution in [-0.2, 0) is 22.5 Å². The molecule has 1 aliphatic rings. The number of H-pyrrole nitrogens is 1. The molecule has 0 spiro atoms.